The van der Waals surface area contributed by atoms with Crippen LogP contribution in [0.4, 0.5) is 5.69 Å². The molecule has 11 heteroatoms. The lowest BCUT2D eigenvalue weighted by Gasteiger charge is -2.40. The molecule has 0 aliphatic carbocycles. The minimum Gasteiger partial charge on any atom is -0.494 e. The fourth-order valence-corrected chi connectivity index (χ4v) is 8.09. The molecule has 262 valence electrons. The van der Waals surface area contributed by atoms with Gasteiger partial charge in [-0.05, 0) is 114 Å². The number of anilines is 1. The van der Waals surface area contributed by atoms with Gasteiger partial charge in [0.15, 0.2) is 0 Å². The van der Waals surface area contributed by atoms with E-state index in [4.69, 9.17) is 33.0 Å². The fourth-order valence-electron chi connectivity index (χ4n) is 7.74. The Kier molecular flexibility index (Phi) is 8.84. The number of carboxylic acids is 1. The fraction of sp³-hybridized carbons (Fsp3) is 0.300. The van der Waals surface area contributed by atoms with Gasteiger partial charge in [0.05, 0.1) is 51.7 Å². The number of carboxylic acid groups (broad SMARTS) is 1. The van der Waals surface area contributed by atoms with E-state index >= 15 is 4.79 Å². The van der Waals surface area contributed by atoms with Crippen molar-refractivity contribution < 1.29 is 19.4 Å². The Bertz CT molecular complexity index is 2390. The van der Waals surface area contributed by atoms with Crippen molar-refractivity contribution in [3.8, 4) is 16.9 Å². The third-order valence-corrected chi connectivity index (χ3v) is 11.3. The van der Waals surface area contributed by atoms with Crippen molar-refractivity contribution in [3.63, 3.8) is 0 Å². The summed E-state index contributed by atoms with van der Waals surface area (Å²) in [7, 11) is 1.92. The third kappa shape index (κ3) is 5.54. The number of hydrogen-bond donors (Lipinski definition) is 1. The predicted octanol–water partition coefficient (Wildman–Crippen LogP) is 9.45. The lowest BCUT2D eigenvalue weighted by Crippen LogP contribution is -2.49. The zero-order chi connectivity index (χ0) is 36.5. The van der Waals surface area contributed by atoms with E-state index in [1.807, 2.05) is 76.7 Å². The molecule has 1 amide bonds. The van der Waals surface area contributed by atoms with Gasteiger partial charge >= 0.3 is 5.97 Å². The number of pyridine rings is 1. The molecule has 7 rings (SSSR count). The minimum atomic E-state index is -1.07. The van der Waals surface area contributed by atoms with Gasteiger partial charge in [-0.15, -0.1) is 0 Å². The maximum Gasteiger partial charge on any atom is 0.337 e. The SMILES string of the molecule is Cc1cc(OCCCc2c3n(c4c(-c5c(C)nn(C)c5C)c(Cl)ccc24)C(C)C(C)N(c2ccc(C(=O)O)c4ncccc24)C3=O)cc(C)c1Cl. The van der Waals surface area contributed by atoms with Crippen molar-refractivity contribution >= 4 is 62.6 Å². The second kappa shape index (κ2) is 13.0. The number of benzene rings is 3. The molecule has 3 aromatic carbocycles. The molecule has 3 aromatic heterocycles. The maximum absolute atomic E-state index is 15.1. The van der Waals surface area contributed by atoms with Crippen LogP contribution < -0.4 is 9.64 Å². The average molecular weight is 725 g/mol. The molecule has 2 atom stereocenters. The number of amides is 1. The van der Waals surface area contributed by atoms with Crippen LogP contribution in [0.25, 0.3) is 32.9 Å². The van der Waals surface area contributed by atoms with Crippen LogP contribution in [0.3, 0.4) is 0 Å². The highest BCUT2D eigenvalue weighted by Crippen LogP contribution is 2.47. The maximum atomic E-state index is 15.1. The van der Waals surface area contributed by atoms with Crippen molar-refractivity contribution in [3.05, 3.63) is 104 Å². The first-order valence-corrected chi connectivity index (χ1v) is 17.8. The Morgan fingerprint density at radius 3 is 2.35 bits per heavy atom. The predicted molar refractivity (Wildman–Crippen MR) is 203 cm³/mol. The van der Waals surface area contributed by atoms with Crippen molar-refractivity contribution in [1.29, 1.82) is 0 Å². The molecule has 0 saturated heterocycles. The Hall–Kier alpha value is -4.86. The van der Waals surface area contributed by atoms with E-state index in [9.17, 15) is 9.90 Å². The Balaban J connectivity index is 1.41. The lowest BCUT2D eigenvalue weighted by atomic mass is 9.98. The van der Waals surface area contributed by atoms with Crippen LogP contribution >= 0.6 is 23.2 Å². The van der Waals surface area contributed by atoms with Crippen LogP contribution in [0.5, 0.6) is 5.75 Å². The molecule has 2 unspecified atom stereocenters. The normalized spacial score (nSPS) is 15.9. The van der Waals surface area contributed by atoms with Gasteiger partial charge in [0.1, 0.15) is 11.4 Å². The third-order valence-electron chi connectivity index (χ3n) is 10.4. The van der Waals surface area contributed by atoms with Gasteiger partial charge in [0.25, 0.3) is 5.91 Å². The molecule has 9 nitrogen and oxygen atoms in total. The van der Waals surface area contributed by atoms with E-state index in [2.05, 4.69) is 16.5 Å². The van der Waals surface area contributed by atoms with Gasteiger partial charge in [0.2, 0.25) is 0 Å². The van der Waals surface area contributed by atoms with Gasteiger partial charge in [-0.2, -0.15) is 5.10 Å². The molecule has 1 N–H and O–H groups in total. The quantitative estimate of drug-likeness (QED) is 0.157. The summed E-state index contributed by atoms with van der Waals surface area (Å²) in [4.78, 5) is 33.5. The summed E-state index contributed by atoms with van der Waals surface area (Å²) >= 11 is 13.5. The number of ether oxygens (including phenoxy) is 1. The largest absolute Gasteiger partial charge is 0.494 e. The summed E-state index contributed by atoms with van der Waals surface area (Å²) in [6.45, 7) is 12.5. The van der Waals surface area contributed by atoms with Crippen molar-refractivity contribution in [2.45, 2.75) is 66.5 Å². The zero-order valence-electron chi connectivity index (χ0n) is 29.6. The molecule has 0 radical (unpaired) electrons. The topological polar surface area (TPSA) is 102 Å². The molecule has 4 heterocycles. The van der Waals surface area contributed by atoms with Gasteiger partial charge in [0, 0.05) is 45.9 Å². The number of aromatic nitrogens is 4. The number of aromatic carboxylic acids is 1. The first-order chi connectivity index (χ1) is 24.3. The monoisotopic (exact) mass is 723 g/mol. The van der Waals surface area contributed by atoms with Crippen LogP contribution in [-0.4, -0.2) is 49.0 Å². The van der Waals surface area contributed by atoms with Crippen molar-refractivity contribution in [2.75, 3.05) is 11.5 Å². The van der Waals surface area contributed by atoms with Crippen LogP contribution in [0, 0.1) is 27.7 Å². The molecule has 0 spiro atoms. The molecule has 1 aliphatic heterocycles. The second-order valence-corrected chi connectivity index (χ2v) is 14.3. The smallest absolute Gasteiger partial charge is 0.337 e. The number of hydrogen-bond acceptors (Lipinski definition) is 5. The zero-order valence-corrected chi connectivity index (χ0v) is 31.1. The number of rotatable bonds is 8. The molecule has 0 saturated carbocycles. The summed E-state index contributed by atoms with van der Waals surface area (Å²) < 4.78 is 10.2. The van der Waals surface area contributed by atoms with E-state index in [1.165, 1.54) is 6.07 Å². The summed E-state index contributed by atoms with van der Waals surface area (Å²) in [5, 5.41) is 17.5. The lowest BCUT2D eigenvalue weighted by molar-refractivity contribution is 0.0698. The number of fused-ring (bicyclic) bond motifs is 4. The first-order valence-electron chi connectivity index (χ1n) is 17.0. The molecule has 6 aromatic rings. The average Bonchev–Trinajstić information content (AvgIpc) is 3.56. The van der Waals surface area contributed by atoms with Crippen LogP contribution in [0.15, 0.2) is 54.7 Å². The second-order valence-electron chi connectivity index (χ2n) is 13.5. The highest BCUT2D eigenvalue weighted by molar-refractivity contribution is 6.35. The van der Waals surface area contributed by atoms with Crippen LogP contribution in [0.2, 0.25) is 10.0 Å². The molecular formula is C40H39Cl2N5O4. The number of carbonyl (C=O) groups excluding carboxylic acids is 1. The van der Waals surface area contributed by atoms with E-state index in [0.717, 1.165) is 60.9 Å². The van der Waals surface area contributed by atoms with Crippen molar-refractivity contribution in [1.82, 2.24) is 19.3 Å². The Labute approximate surface area is 306 Å². The molecule has 1 aliphatic rings. The standard InChI is InChI=1S/C40H39Cl2N5O4/c1-20-18-26(19-21(2)35(20)42)51-17-9-11-27-28-12-14-31(41)34(33-22(3)44-45(7)25(33)6)37(28)47-24(5)23(4)46(39(48)38(27)47)32-15-13-30(40(49)50)36-29(32)10-8-16-43-36/h8,10,12-16,18-19,23-24H,9,11,17H2,1-7H3,(H,49,50). The van der Waals surface area contributed by atoms with Gasteiger partial charge in [-0.3, -0.25) is 14.5 Å². The Morgan fingerprint density at radius 1 is 0.961 bits per heavy atom. The number of halogens is 2. The van der Waals surface area contributed by atoms with E-state index < -0.39 is 5.97 Å². The van der Waals surface area contributed by atoms with Gasteiger partial charge in [-0.25, -0.2) is 4.79 Å². The highest BCUT2D eigenvalue weighted by atomic mass is 35.5. The van der Waals surface area contributed by atoms with E-state index in [1.54, 1.807) is 23.2 Å². The first kappa shape index (κ1) is 34.6. The molecule has 0 fully saturated rings. The molecule has 0 bridgehead atoms. The minimum absolute atomic E-state index is 0.0851. The van der Waals surface area contributed by atoms with Crippen LogP contribution in [0.1, 0.15) is 75.2 Å². The van der Waals surface area contributed by atoms with Crippen molar-refractivity contribution in [2.24, 2.45) is 7.05 Å². The number of carbonyl (C=O) groups is 2. The molecule has 51 heavy (non-hydrogen) atoms. The summed E-state index contributed by atoms with van der Waals surface area (Å²) in [5.74, 6) is -0.494. The summed E-state index contributed by atoms with van der Waals surface area (Å²) in [6.07, 6.45) is 2.78. The molecular weight excluding hydrogens is 685 g/mol. The summed E-state index contributed by atoms with van der Waals surface area (Å²) in [5.41, 5.74) is 8.97. The van der Waals surface area contributed by atoms with Gasteiger partial charge in [-0.1, -0.05) is 29.3 Å². The Morgan fingerprint density at radius 2 is 1.69 bits per heavy atom. The van der Waals surface area contributed by atoms with Crippen LogP contribution in [-0.2, 0) is 13.5 Å². The number of aryl methyl sites for hydroxylation is 5. The summed E-state index contributed by atoms with van der Waals surface area (Å²) in [6, 6.07) is 14.2. The van der Waals surface area contributed by atoms with E-state index in [0.29, 0.717) is 46.8 Å². The van der Waals surface area contributed by atoms with Gasteiger partial charge < -0.3 is 19.3 Å². The number of nitrogens with zero attached hydrogens (tertiary/aromatic N) is 5. The highest BCUT2D eigenvalue weighted by Gasteiger charge is 2.41. The van der Waals surface area contributed by atoms with E-state index in [-0.39, 0.29) is 23.6 Å².